The molecule has 0 aliphatic carbocycles. The minimum absolute atomic E-state index is 0.0835. The maximum atomic E-state index is 11.5. The van der Waals surface area contributed by atoms with Crippen LogP contribution in [-0.4, -0.2) is 44.5 Å². The second-order valence-electron chi connectivity index (χ2n) is 4.49. The lowest BCUT2D eigenvalue weighted by molar-refractivity contribution is -0.123. The van der Waals surface area contributed by atoms with E-state index in [1.807, 2.05) is 20.8 Å². The van der Waals surface area contributed by atoms with Crippen LogP contribution >= 0.6 is 0 Å². The maximum Gasteiger partial charge on any atom is 0.237 e. The molecule has 0 rings (SSSR count). The second-order valence-corrected chi connectivity index (χ2v) is 6.79. The molecule has 0 aromatic heterocycles. The number of nitrogens with one attached hydrogen (secondary N) is 2. The van der Waals surface area contributed by atoms with Crippen LogP contribution in [0.3, 0.4) is 0 Å². The van der Waals surface area contributed by atoms with Crippen molar-refractivity contribution in [2.45, 2.75) is 46.2 Å². The topological polar surface area (TPSA) is 75.3 Å². The van der Waals surface area contributed by atoms with Gasteiger partial charge in [-0.1, -0.05) is 6.92 Å². The Bertz CT molecular complexity index is 326. The summed E-state index contributed by atoms with van der Waals surface area (Å²) in [5.41, 5.74) is 0. The monoisotopic (exact) mass is 264 g/mol. The number of amides is 1. The van der Waals surface area contributed by atoms with Crippen LogP contribution in [0, 0.1) is 0 Å². The van der Waals surface area contributed by atoms with Gasteiger partial charge in [-0.15, -0.1) is 0 Å². The first kappa shape index (κ1) is 16.4. The number of carbonyl (C=O) groups excluding carboxylic acids is 1. The van der Waals surface area contributed by atoms with Gasteiger partial charge in [0, 0.05) is 18.3 Å². The van der Waals surface area contributed by atoms with Gasteiger partial charge >= 0.3 is 0 Å². The fourth-order valence-electron chi connectivity index (χ4n) is 1.35. The molecule has 1 atom stereocenters. The summed E-state index contributed by atoms with van der Waals surface area (Å²) in [7, 11) is -2.97. The van der Waals surface area contributed by atoms with Crippen LogP contribution in [-0.2, 0) is 14.6 Å². The standard InChI is InChI=1S/C11H24N2O3S/c1-5-7-17(15,16)8-6-12-10(4)11(14)13-9(2)3/h9-10,12H,5-8H2,1-4H3,(H,13,14). The molecule has 0 radical (unpaired) electrons. The van der Waals surface area contributed by atoms with E-state index in [4.69, 9.17) is 0 Å². The molecule has 0 aliphatic rings. The van der Waals surface area contributed by atoms with Gasteiger partial charge in [0.2, 0.25) is 5.91 Å². The Morgan fingerprint density at radius 1 is 1.18 bits per heavy atom. The van der Waals surface area contributed by atoms with Crippen molar-refractivity contribution in [3.63, 3.8) is 0 Å². The second kappa shape index (κ2) is 7.66. The molecular formula is C11H24N2O3S. The highest BCUT2D eigenvalue weighted by atomic mass is 32.2. The lowest BCUT2D eigenvalue weighted by Gasteiger charge is -2.15. The Morgan fingerprint density at radius 2 is 1.76 bits per heavy atom. The normalized spacial score (nSPS) is 13.7. The molecule has 0 aromatic rings. The molecule has 0 saturated carbocycles. The molecule has 6 heteroatoms. The van der Waals surface area contributed by atoms with Crippen LogP contribution < -0.4 is 10.6 Å². The lowest BCUT2D eigenvalue weighted by Crippen LogP contribution is -2.45. The summed E-state index contributed by atoms with van der Waals surface area (Å²) < 4.78 is 22.8. The summed E-state index contributed by atoms with van der Waals surface area (Å²) in [6, 6.07) is -0.273. The minimum atomic E-state index is -2.97. The summed E-state index contributed by atoms with van der Waals surface area (Å²) in [5, 5.41) is 5.68. The van der Waals surface area contributed by atoms with E-state index in [0.717, 1.165) is 0 Å². The number of rotatable bonds is 8. The van der Waals surface area contributed by atoms with Gasteiger partial charge in [-0.3, -0.25) is 4.79 Å². The van der Waals surface area contributed by atoms with Crippen molar-refractivity contribution < 1.29 is 13.2 Å². The van der Waals surface area contributed by atoms with Gasteiger partial charge in [-0.25, -0.2) is 8.42 Å². The van der Waals surface area contributed by atoms with Gasteiger partial charge in [0.15, 0.2) is 9.84 Å². The maximum absolute atomic E-state index is 11.5. The first-order valence-corrected chi connectivity index (χ1v) is 7.84. The molecule has 1 amide bonds. The predicted molar refractivity (Wildman–Crippen MR) is 69.7 cm³/mol. The highest BCUT2D eigenvalue weighted by molar-refractivity contribution is 7.91. The van der Waals surface area contributed by atoms with Crippen LogP contribution in [0.5, 0.6) is 0 Å². The summed E-state index contributed by atoms with van der Waals surface area (Å²) in [4.78, 5) is 11.5. The zero-order valence-electron chi connectivity index (χ0n) is 11.1. The Labute approximate surface area is 104 Å². The van der Waals surface area contributed by atoms with Crippen molar-refractivity contribution >= 4 is 15.7 Å². The minimum Gasteiger partial charge on any atom is -0.353 e. The molecule has 0 aliphatic heterocycles. The van der Waals surface area contributed by atoms with Crippen molar-refractivity contribution in [3.05, 3.63) is 0 Å². The van der Waals surface area contributed by atoms with Gasteiger partial charge in [0.1, 0.15) is 0 Å². The summed E-state index contributed by atoms with van der Waals surface area (Å²) >= 11 is 0. The van der Waals surface area contributed by atoms with Crippen molar-refractivity contribution in [3.8, 4) is 0 Å². The lowest BCUT2D eigenvalue weighted by atomic mass is 10.3. The van der Waals surface area contributed by atoms with E-state index < -0.39 is 9.84 Å². The van der Waals surface area contributed by atoms with Crippen LogP contribution in [0.1, 0.15) is 34.1 Å². The number of carbonyl (C=O) groups is 1. The molecule has 0 bridgehead atoms. The average molecular weight is 264 g/mol. The molecule has 2 N–H and O–H groups in total. The molecule has 102 valence electrons. The van der Waals surface area contributed by atoms with Crippen molar-refractivity contribution in [1.29, 1.82) is 0 Å². The quantitative estimate of drug-likeness (QED) is 0.662. The van der Waals surface area contributed by atoms with Crippen molar-refractivity contribution in [1.82, 2.24) is 10.6 Å². The van der Waals surface area contributed by atoms with E-state index in [2.05, 4.69) is 10.6 Å². The first-order valence-electron chi connectivity index (χ1n) is 6.02. The third-order valence-electron chi connectivity index (χ3n) is 2.20. The summed E-state index contributed by atoms with van der Waals surface area (Å²) in [6.07, 6.45) is 0.631. The molecule has 0 fully saturated rings. The number of hydrogen-bond acceptors (Lipinski definition) is 4. The van der Waals surface area contributed by atoms with Gasteiger partial charge in [-0.05, 0) is 27.2 Å². The molecular weight excluding hydrogens is 240 g/mol. The van der Waals surface area contributed by atoms with E-state index >= 15 is 0 Å². The van der Waals surface area contributed by atoms with Crippen LogP contribution in [0.15, 0.2) is 0 Å². The average Bonchev–Trinajstić information content (AvgIpc) is 2.15. The number of sulfone groups is 1. The van der Waals surface area contributed by atoms with Gasteiger partial charge in [0.05, 0.1) is 11.8 Å². The molecule has 0 spiro atoms. The highest BCUT2D eigenvalue weighted by Gasteiger charge is 2.14. The molecule has 1 unspecified atom stereocenters. The molecule has 0 saturated heterocycles. The third-order valence-corrected chi connectivity index (χ3v) is 4.06. The largest absolute Gasteiger partial charge is 0.353 e. The molecule has 0 heterocycles. The van der Waals surface area contributed by atoms with Crippen LogP contribution in [0.2, 0.25) is 0 Å². The van der Waals surface area contributed by atoms with E-state index in [-0.39, 0.29) is 29.5 Å². The molecule has 0 aromatic carbocycles. The fourth-order valence-corrected chi connectivity index (χ4v) is 2.60. The highest BCUT2D eigenvalue weighted by Crippen LogP contribution is 1.93. The zero-order valence-corrected chi connectivity index (χ0v) is 11.9. The zero-order chi connectivity index (χ0) is 13.5. The Morgan fingerprint density at radius 3 is 2.24 bits per heavy atom. The van der Waals surface area contributed by atoms with Crippen molar-refractivity contribution in [2.24, 2.45) is 0 Å². The first-order chi connectivity index (χ1) is 7.78. The van der Waals surface area contributed by atoms with Gasteiger partial charge < -0.3 is 10.6 Å². The van der Waals surface area contributed by atoms with E-state index in [9.17, 15) is 13.2 Å². The molecule has 17 heavy (non-hydrogen) atoms. The summed E-state index contributed by atoms with van der Waals surface area (Å²) in [5.74, 6) is 0.189. The Kier molecular flexibility index (Phi) is 7.38. The van der Waals surface area contributed by atoms with Crippen molar-refractivity contribution in [2.75, 3.05) is 18.1 Å². The molecule has 5 nitrogen and oxygen atoms in total. The Hall–Kier alpha value is -0.620. The van der Waals surface area contributed by atoms with E-state index in [0.29, 0.717) is 13.0 Å². The third kappa shape index (κ3) is 8.15. The predicted octanol–water partition coefficient (Wildman–Crippen LogP) is 0.314. The van der Waals surface area contributed by atoms with Crippen LogP contribution in [0.25, 0.3) is 0 Å². The van der Waals surface area contributed by atoms with E-state index in [1.165, 1.54) is 0 Å². The van der Waals surface area contributed by atoms with Gasteiger partial charge in [0.25, 0.3) is 0 Å². The van der Waals surface area contributed by atoms with Crippen LogP contribution in [0.4, 0.5) is 0 Å². The smallest absolute Gasteiger partial charge is 0.237 e. The SMILES string of the molecule is CCCS(=O)(=O)CCNC(C)C(=O)NC(C)C. The Balaban J connectivity index is 3.93. The van der Waals surface area contributed by atoms with E-state index in [1.54, 1.807) is 6.92 Å². The summed E-state index contributed by atoms with van der Waals surface area (Å²) in [6.45, 7) is 7.65. The van der Waals surface area contributed by atoms with Gasteiger partial charge in [-0.2, -0.15) is 0 Å². The fraction of sp³-hybridized carbons (Fsp3) is 0.909. The number of hydrogen-bond donors (Lipinski definition) is 2.